The van der Waals surface area contributed by atoms with Crippen LogP contribution >= 0.6 is 0 Å². The molecule has 0 atom stereocenters. The van der Waals surface area contributed by atoms with E-state index in [1.807, 2.05) is 0 Å². The van der Waals surface area contributed by atoms with Gasteiger partial charge in [0.1, 0.15) is 0 Å². The van der Waals surface area contributed by atoms with Crippen LogP contribution < -0.4 is 0 Å². The molecule has 1 rings (SSSR count). The fraction of sp³-hybridized carbons (Fsp3) is 0.562. The average Bonchev–Trinajstić information content (AvgIpc) is 2.15. The molecule has 1 radical (unpaired) electrons. The lowest BCUT2D eigenvalue weighted by Gasteiger charge is -2.24. The van der Waals surface area contributed by atoms with Crippen LogP contribution in [0.5, 0.6) is 0 Å². The molecule has 89 valence electrons. The highest BCUT2D eigenvalue weighted by Gasteiger charge is 2.17. The molecule has 0 saturated heterocycles. The first-order chi connectivity index (χ1) is 7.36. The Kier molecular flexibility index (Phi) is 4.18. The van der Waals surface area contributed by atoms with Gasteiger partial charge >= 0.3 is 0 Å². The Balaban J connectivity index is 3.50. The second-order valence-electron chi connectivity index (χ2n) is 5.61. The second kappa shape index (κ2) is 5.03. The maximum absolute atomic E-state index is 4.19. The van der Waals surface area contributed by atoms with Gasteiger partial charge < -0.3 is 0 Å². The van der Waals surface area contributed by atoms with Crippen LogP contribution in [0.25, 0.3) is 0 Å². The van der Waals surface area contributed by atoms with Gasteiger partial charge in [0.15, 0.2) is 0 Å². The van der Waals surface area contributed by atoms with Crippen LogP contribution in [0.3, 0.4) is 0 Å². The van der Waals surface area contributed by atoms with E-state index in [0.29, 0.717) is 17.8 Å². The molecule has 0 heteroatoms. The minimum absolute atomic E-state index is 0.559. The normalized spacial score (nSPS) is 11.9. The fourth-order valence-corrected chi connectivity index (χ4v) is 2.53. The summed E-state index contributed by atoms with van der Waals surface area (Å²) in [5.74, 6) is 1.73. The maximum atomic E-state index is 4.19. The van der Waals surface area contributed by atoms with E-state index in [4.69, 9.17) is 0 Å². The molecule has 0 bridgehead atoms. The predicted molar refractivity (Wildman–Crippen MR) is 73.2 cm³/mol. The summed E-state index contributed by atoms with van der Waals surface area (Å²) < 4.78 is 0. The van der Waals surface area contributed by atoms with Gasteiger partial charge in [0.05, 0.1) is 0 Å². The first-order valence-electron chi connectivity index (χ1n) is 6.34. The monoisotopic (exact) mass is 217 g/mol. The van der Waals surface area contributed by atoms with Crippen LogP contribution in [-0.4, -0.2) is 0 Å². The summed E-state index contributed by atoms with van der Waals surface area (Å²) in [5.41, 5.74) is 5.67. The third-order valence-corrected chi connectivity index (χ3v) is 3.19. The van der Waals surface area contributed by atoms with Crippen LogP contribution in [0.15, 0.2) is 12.1 Å². The van der Waals surface area contributed by atoms with E-state index in [1.54, 1.807) is 0 Å². The molecular weight excluding hydrogens is 192 g/mol. The van der Waals surface area contributed by atoms with E-state index in [2.05, 4.69) is 60.6 Å². The molecule has 1 aromatic carbocycles. The van der Waals surface area contributed by atoms with Crippen molar-refractivity contribution in [3.8, 4) is 0 Å². The van der Waals surface area contributed by atoms with Crippen molar-refractivity contribution in [3.05, 3.63) is 41.3 Å². The topological polar surface area (TPSA) is 0 Å². The summed E-state index contributed by atoms with van der Waals surface area (Å²) >= 11 is 0. The summed E-state index contributed by atoms with van der Waals surface area (Å²) in [7, 11) is 0. The van der Waals surface area contributed by atoms with Crippen LogP contribution in [0.2, 0.25) is 0 Å². The van der Waals surface area contributed by atoms with Gasteiger partial charge in [-0.05, 0) is 46.9 Å². The Morgan fingerprint density at radius 3 is 1.62 bits per heavy atom. The first kappa shape index (κ1) is 13.3. The van der Waals surface area contributed by atoms with E-state index >= 15 is 0 Å². The van der Waals surface area contributed by atoms with Crippen molar-refractivity contribution in [2.75, 3.05) is 0 Å². The first-order valence-corrected chi connectivity index (χ1v) is 6.34. The zero-order valence-electron chi connectivity index (χ0n) is 11.6. The minimum atomic E-state index is 0.559. The van der Waals surface area contributed by atoms with Crippen molar-refractivity contribution in [2.45, 2.75) is 59.3 Å². The van der Waals surface area contributed by atoms with Crippen LogP contribution in [-0.2, 0) is 0 Å². The van der Waals surface area contributed by atoms with Gasteiger partial charge in [-0.15, -0.1) is 0 Å². The quantitative estimate of drug-likeness (QED) is 0.649. The summed E-state index contributed by atoms with van der Waals surface area (Å²) in [6.07, 6.45) is 0. The number of rotatable bonds is 3. The molecular formula is C16H25. The van der Waals surface area contributed by atoms with Gasteiger partial charge in [0.25, 0.3) is 0 Å². The fourth-order valence-electron chi connectivity index (χ4n) is 2.53. The van der Waals surface area contributed by atoms with Crippen molar-refractivity contribution < 1.29 is 0 Å². The number of hydrogen-bond donors (Lipinski definition) is 0. The summed E-state index contributed by atoms with van der Waals surface area (Å²) in [6, 6.07) is 4.44. The largest absolute Gasteiger partial charge is 0.0587 e. The average molecular weight is 217 g/mol. The number of hydrogen-bond acceptors (Lipinski definition) is 0. The van der Waals surface area contributed by atoms with Crippen LogP contribution in [0.1, 0.15) is 81.5 Å². The van der Waals surface area contributed by atoms with Gasteiger partial charge in [0.2, 0.25) is 0 Å². The molecule has 0 unspecified atom stereocenters. The number of benzene rings is 1. The Labute approximate surface area is 101 Å². The van der Waals surface area contributed by atoms with Gasteiger partial charge in [-0.25, -0.2) is 0 Å². The van der Waals surface area contributed by atoms with E-state index < -0.39 is 0 Å². The molecule has 0 saturated carbocycles. The van der Waals surface area contributed by atoms with E-state index in [9.17, 15) is 0 Å². The van der Waals surface area contributed by atoms with E-state index in [-0.39, 0.29) is 0 Å². The van der Waals surface area contributed by atoms with Gasteiger partial charge in [-0.1, -0.05) is 53.7 Å². The third-order valence-electron chi connectivity index (χ3n) is 3.19. The highest BCUT2D eigenvalue weighted by Crippen LogP contribution is 2.35. The molecule has 1 aromatic rings. The highest BCUT2D eigenvalue weighted by molar-refractivity contribution is 5.47. The molecule has 0 aliphatic carbocycles. The van der Waals surface area contributed by atoms with E-state index in [1.165, 1.54) is 22.3 Å². The molecule has 0 aromatic heterocycles. The molecule has 0 amide bonds. The lowest BCUT2D eigenvalue weighted by atomic mass is 9.81. The van der Waals surface area contributed by atoms with Gasteiger partial charge in [-0.2, -0.15) is 0 Å². The molecule has 0 nitrogen and oxygen atoms in total. The molecule has 0 spiro atoms. The lowest BCUT2D eigenvalue weighted by molar-refractivity contribution is 0.746. The maximum Gasteiger partial charge on any atom is -0.0213 e. The zero-order valence-corrected chi connectivity index (χ0v) is 11.6. The lowest BCUT2D eigenvalue weighted by Crippen LogP contribution is -2.07. The smallest absolute Gasteiger partial charge is 0.0213 e. The summed E-state index contributed by atoms with van der Waals surface area (Å²) in [6.45, 7) is 17.8. The highest BCUT2D eigenvalue weighted by atomic mass is 14.2. The second-order valence-corrected chi connectivity index (χ2v) is 5.61. The Morgan fingerprint density at radius 2 is 1.25 bits per heavy atom. The molecule has 0 aliphatic heterocycles. The van der Waals surface area contributed by atoms with Crippen LogP contribution in [0, 0.1) is 6.92 Å². The Morgan fingerprint density at radius 1 is 0.750 bits per heavy atom. The summed E-state index contributed by atoms with van der Waals surface area (Å²) in [5, 5.41) is 0. The molecule has 16 heavy (non-hydrogen) atoms. The van der Waals surface area contributed by atoms with Crippen molar-refractivity contribution in [1.29, 1.82) is 0 Å². The van der Waals surface area contributed by atoms with Crippen molar-refractivity contribution in [1.82, 2.24) is 0 Å². The van der Waals surface area contributed by atoms with E-state index in [0.717, 1.165) is 0 Å². The predicted octanol–water partition coefficient (Wildman–Crippen LogP) is 5.24. The molecule has 0 heterocycles. The standard InChI is InChI=1S/C16H25/c1-10(2)14-9-8-13(7)15(11(3)4)16(14)12(5)6/h8-12H,7H2,1-6H3. The van der Waals surface area contributed by atoms with Crippen molar-refractivity contribution in [3.63, 3.8) is 0 Å². The molecule has 0 aliphatic rings. The van der Waals surface area contributed by atoms with Gasteiger partial charge in [0, 0.05) is 0 Å². The zero-order chi connectivity index (χ0) is 12.5. The summed E-state index contributed by atoms with van der Waals surface area (Å²) in [4.78, 5) is 0. The molecule has 0 fully saturated rings. The molecule has 0 N–H and O–H groups in total. The Hall–Kier alpha value is -0.780. The Bertz CT molecular complexity index is 357. The SMILES string of the molecule is [CH2]c1ccc(C(C)C)c(C(C)C)c1C(C)C. The van der Waals surface area contributed by atoms with Gasteiger partial charge in [-0.3, -0.25) is 0 Å². The third kappa shape index (κ3) is 2.48. The van der Waals surface area contributed by atoms with Crippen molar-refractivity contribution in [2.24, 2.45) is 0 Å². The van der Waals surface area contributed by atoms with Crippen molar-refractivity contribution >= 4 is 0 Å². The minimum Gasteiger partial charge on any atom is -0.0587 e. The van der Waals surface area contributed by atoms with Crippen LogP contribution in [0.4, 0.5) is 0 Å².